The van der Waals surface area contributed by atoms with Gasteiger partial charge in [0.15, 0.2) is 18.0 Å². The van der Waals surface area contributed by atoms with E-state index < -0.39 is 18.1 Å². The number of esters is 1. The zero-order valence-corrected chi connectivity index (χ0v) is 10.2. The van der Waals surface area contributed by atoms with Crippen molar-refractivity contribution in [1.29, 1.82) is 0 Å². The minimum atomic E-state index is -0.714. The van der Waals surface area contributed by atoms with Crippen LogP contribution in [0.2, 0.25) is 0 Å². The average Bonchev–Trinajstić information content (AvgIpc) is 2.93. The fourth-order valence-electron chi connectivity index (χ4n) is 1.67. The van der Waals surface area contributed by atoms with Gasteiger partial charge in [0.05, 0.1) is 13.0 Å². The number of methoxy groups -OCH3 is 1. The van der Waals surface area contributed by atoms with Crippen LogP contribution in [0.1, 0.15) is 24.5 Å². The van der Waals surface area contributed by atoms with E-state index in [4.69, 9.17) is 20.8 Å². The molecule has 1 aromatic rings. The minimum absolute atomic E-state index is 0.273. The summed E-state index contributed by atoms with van der Waals surface area (Å²) < 4.78 is 15.6. The molecule has 17 heavy (non-hydrogen) atoms. The Morgan fingerprint density at radius 1 is 1.59 bits per heavy atom. The van der Waals surface area contributed by atoms with Gasteiger partial charge in [-0.1, -0.05) is 0 Å². The third-order valence-electron chi connectivity index (χ3n) is 2.44. The molecule has 0 saturated carbocycles. The Balaban J connectivity index is 2.23. The van der Waals surface area contributed by atoms with Crippen LogP contribution in [-0.4, -0.2) is 25.0 Å². The molecule has 0 amide bonds. The normalized spacial score (nSPS) is 23.1. The van der Waals surface area contributed by atoms with Crippen molar-refractivity contribution in [2.75, 3.05) is 7.11 Å². The summed E-state index contributed by atoms with van der Waals surface area (Å²) in [5.74, 6) is 1.41. The maximum Gasteiger partial charge on any atom is 0.335 e. The number of carbonyl (C=O) groups excluding carboxylic acids is 1. The Hall–Kier alpha value is -1.49. The molecule has 0 fully saturated rings. The van der Waals surface area contributed by atoms with E-state index in [-0.39, 0.29) is 5.88 Å². The summed E-state index contributed by atoms with van der Waals surface area (Å²) in [6.45, 7) is 1.68. The molecular formula is C11H12ClNO4. The second-order valence-electron chi connectivity index (χ2n) is 3.59. The van der Waals surface area contributed by atoms with Crippen LogP contribution in [0.5, 0.6) is 0 Å². The highest BCUT2D eigenvalue weighted by Gasteiger charge is 2.39. The van der Waals surface area contributed by atoms with Crippen LogP contribution in [0.4, 0.5) is 0 Å². The maximum absolute atomic E-state index is 11.5. The molecule has 0 spiro atoms. The van der Waals surface area contributed by atoms with Crippen LogP contribution in [0.25, 0.3) is 0 Å². The molecule has 2 rings (SSSR count). The van der Waals surface area contributed by atoms with Crippen molar-refractivity contribution in [3.05, 3.63) is 23.7 Å². The van der Waals surface area contributed by atoms with Crippen LogP contribution in [0.3, 0.4) is 0 Å². The van der Waals surface area contributed by atoms with Crippen molar-refractivity contribution in [2.45, 2.75) is 24.9 Å². The number of nitrogens with zero attached hydrogens (tertiary/aromatic N) is 1. The van der Waals surface area contributed by atoms with Crippen LogP contribution < -0.4 is 0 Å². The lowest BCUT2D eigenvalue weighted by Crippen LogP contribution is -2.24. The third kappa shape index (κ3) is 2.29. The number of halogens is 1. The Morgan fingerprint density at radius 3 is 2.94 bits per heavy atom. The molecule has 0 bridgehead atoms. The smallest absolute Gasteiger partial charge is 0.335 e. The number of alkyl halides is 1. The molecule has 2 unspecified atom stereocenters. The van der Waals surface area contributed by atoms with E-state index in [1.807, 2.05) is 0 Å². The molecule has 0 aromatic carbocycles. The predicted octanol–water partition coefficient (Wildman–Crippen LogP) is 2.05. The summed E-state index contributed by atoms with van der Waals surface area (Å²) >= 11 is 5.65. The number of carbonyl (C=O) groups is 1. The predicted molar refractivity (Wildman–Crippen MR) is 61.0 cm³/mol. The summed E-state index contributed by atoms with van der Waals surface area (Å²) in [6.07, 6.45) is -0.570. The molecule has 92 valence electrons. The third-order valence-corrected chi connectivity index (χ3v) is 2.71. The number of furan rings is 1. The second-order valence-corrected chi connectivity index (χ2v) is 3.86. The van der Waals surface area contributed by atoms with Gasteiger partial charge in [0, 0.05) is 6.92 Å². The highest BCUT2D eigenvalue weighted by Crippen LogP contribution is 2.31. The largest absolute Gasteiger partial charge is 0.467 e. The molecule has 0 saturated heterocycles. The Morgan fingerprint density at radius 2 is 2.35 bits per heavy atom. The first kappa shape index (κ1) is 12.0. The molecule has 6 heteroatoms. The van der Waals surface area contributed by atoms with Crippen molar-refractivity contribution < 1.29 is 18.7 Å². The summed E-state index contributed by atoms with van der Waals surface area (Å²) in [5.41, 5.74) is 0. The SMILES string of the molecule is COC(=O)C1N=C(C)OC1c1ccc(CCl)o1. The van der Waals surface area contributed by atoms with Gasteiger partial charge in [0.1, 0.15) is 11.5 Å². The van der Waals surface area contributed by atoms with E-state index >= 15 is 0 Å². The fourth-order valence-corrected chi connectivity index (χ4v) is 1.82. The van der Waals surface area contributed by atoms with Gasteiger partial charge in [-0.15, -0.1) is 11.6 Å². The van der Waals surface area contributed by atoms with Crippen LogP contribution in [0.15, 0.2) is 21.5 Å². The first-order valence-corrected chi connectivity index (χ1v) is 5.62. The summed E-state index contributed by atoms with van der Waals surface area (Å²) in [7, 11) is 1.31. The van der Waals surface area contributed by atoms with Gasteiger partial charge in [-0.3, -0.25) is 0 Å². The number of hydrogen-bond acceptors (Lipinski definition) is 5. The Bertz CT molecular complexity index is 454. The number of ether oxygens (including phenoxy) is 2. The number of hydrogen-bond donors (Lipinski definition) is 0. The van der Waals surface area contributed by atoms with Gasteiger partial charge in [-0.25, -0.2) is 9.79 Å². The summed E-state index contributed by atoms with van der Waals surface area (Å²) in [6, 6.07) is 2.76. The maximum atomic E-state index is 11.5. The summed E-state index contributed by atoms with van der Waals surface area (Å²) in [4.78, 5) is 15.6. The van der Waals surface area contributed by atoms with Gasteiger partial charge >= 0.3 is 5.97 Å². The molecule has 0 N–H and O–H groups in total. The quantitative estimate of drug-likeness (QED) is 0.614. The highest BCUT2D eigenvalue weighted by molar-refractivity contribution is 6.16. The van der Waals surface area contributed by atoms with E-state index in [0.29, 0.717) is 17.4 Å². The van der Waals surface area contributed by atoms with Gasteiger partial charge in [-0.2, -0.15) is 0 Å². The average molecular weight is 258 g/mol. The molecule has 2 atom stereocenters. The molecule has 1 aromatic heterocycles. The molecule has 5 nitrogen and oxygen atoms in total. The van der Waals surface area contributed by atoms with Crippen molar-refractivity contribution in [1.82, 2.24) is 0 Å². The van der Waals surface area contributed by atoms with E-state index in [0.717, 1.165) is 0 Å². The first-order chi connectivity index (χ1) is 8.15. The number of rotatable bonds is 3. The molecule has 0 aliphatic carbocycles. The second kappa shape index (κ2) is 4.79. The zero-order valence-electron chi connectivity index (χ0n) is 9.47. The van der Waals surface area contributed by atoms with Gasteiger partial charge in [0.2, 0.25) is 0 Å². The lowest BCUT2D eigenvalue weighted by molar-refractivity contribution is -0.144. The Labute approximate surface area is 103 Å². The van der Waals surface area contributed by atoms with Crippen molar-refractivity contribution in [3.8, 4) is 0 Å². The molecule has 2 heterocycles. The first-order valence-electron chi connectivity index (χ1n) is 5.09. The van der Waals surface area contributed by atoms with Crippen molar-refractivity contribution >= 4 is 23.5 Å². The van der Waals surface area contributed by atoms with Gasteiger partial charge in [0.25, 0.3) is 0 Å². The van der Waals surface area contributed by atoms with Crippen molar-refractivity contribution in [2.24, 2.45) is 4.99 Å². The van der Waals surface area contributed by atoms with Crippen molar-refractivity contribution in [3.63, 3.8) is 0 Å². The molecule has 1 aliphatic rings. The lowest BCUT2D eigenvalue weighted by Gasteiger charge is -2.13. The minimum Gasteiger partial charge on any atom is -0.467 e. The van der Waals surface area contributed by atoms with Gasteiger partial charge in [-0.05, 0) is 12.1 Å². The van der Waals surface area contributed by atoms with E-state index in [9.17, 15) is 4.79 Å². The summed E-state index contributed by atoms with van der Waals surface area (Å²) in [5, 5.41) is 0. The van der Waals surface area contributed by atoms with Gasteiger partial charge < -0.3 is 13.9 Å². The standard InChI is InChI=1S/C11H12ClNO4/c1-6-13-9(11(14)15-2)10(16-6)8-4-3-7(5-12)17-8/h3-4,9-10H,5H2,1-2H3. The van der Waals surface area contributed by atoms with Crippen LogP contribution in [0, 0.1) is 0 Å². The number of aliphatic imine (C=N–C) groups is 1. The molecular weight excluding hydrogens is 246 g/mol. The zero-order chi connectivity index (χ0) is 12.4. The van der Waals surface area contributed by atoms with E-state index in [1.165, 1.54) is 7.11 Å². The van der Waals surface area contributed by atoms with E-state index in [2.05, 4.69) is 9.73 Å². The van der Waals surface area contributed by atoms with Crippen LogP contribution >= 0.6 is 11.6 Å². The van der Waals surface area contributed by atoms with Crippen LogP contribution in [-0.2, 0) is 20.1 Å². The Kier molecular flexibility index (Phi) is 3.38. The topological polar surface area (TPSA) is 61.0 Å². The molecule has 0 radical (unpaired) electrons. The highest BCUT2D eigenvalue weighted by atomic mass is 35.5. The van der Waals surface area contributed by atoms with E-state index in [1.54, 1.807) is 19.1 Å². The monoisotopic (exact) mass is 257 g/mol. The lowest BCUT2D eigenvalue weighted by atomic mass is 10.1. The fraction of sp³-hybridized carbons (Fsp3) is 0.455. The molecule has 1 aliphatic heterocycles.